The number of halogens is 2. The van der Waals surface area contributed by atoms with E-state index in [0.29, 0.717) is 66.6 Å². The minimum absolute atomic E-state index is 0.0357. The maximum atomic E-state index is 17.0. The minimum atomic E-state index is -0.740. The second-order valence-electron chi connectivity index (χ2n) is 15.9. The van der Waals surface area contributed by atoms with Gasteiger partial charge in [-0.05, 0) is 105 Å². The van der Waals surface area contributed by atoms with Crippen molar-refractivity contribution in [2.24, 2.45) is 5.41 Å². The van der Waals surface area contributed by atoms with Gasteiger partial charge in [0.05, 0.1) is 11.7 Å². The Kier molecular flexibility index (Phi) is 8.41. The molecule has 5 fully saturated rings. The highest BCUT2D eigenvalue weighted by Gasteiger charge is 2.46. The van der Waals surface area contributed by atoms with Gasteiger partial charge in [-0.1, -0.05) is 12.0 Å². The fraction of sp³-hybridized carbons (Fsp3) is 0.641. The number of fused-ring (bicyclic) bond motifs is 6. The summed E-state index contributed by atoms with van der Waals surface area (Å²) in [6, 6.07) is 2.98. The lowest BCUT2D eigenvalue weighted by molar-refractivity contribution is -0.0299. The first-order chi connectivity index (χ1) is 24.3. The first-order valence-corrected chi connectivity index (χ1v) is 18.8. The van der Waals surface area contributed by atoms with E-state index in [1.54, 1.807) is 20.3 Å². The molecule has 4 unspecified atom stereocenters. The molecule has 1 spiro atoms. The molecule has 1 aromatic heterocycles. The Morgan fingerprint density at radius 2 is 1.78 bits per heavy atom. The SMILES string of the molecule is COC1CC2CCC(C1)N2C[C@H](COc1nc(N2CC3CCC(C2)N3)c2cc(F)c(C3=CC(O)=CC4=C(C3)C3(CCC3)CC4)c(F)c2n1)OC. The zero-order valence-electron chi connectivity index (χ0n) is 29.2. The summed E-state index contributed by atoms with van der Waals surface area (Å²) >= 11 is 0. The first kappa shape index (κ1) is 32.8. The Hall–Kier alpha value is -3.12. The number of allylic oxidation sites excluding steroid dienone is 5. The van der Waals surface area contributed by atoms with E-state index in [9.17, 15) is 5.11 Å². The molecule has 9 nitrogen and oxygen atoms in total. The van der Waals surface area contributed by atoms with Gasteiger partial charge in [-0.15, -0.1) is 0 Å². The number of ether oxygens (including phenoxy) is 3. The number of aliphatic hydroxyl groups is 1. The van der Waals surface area contributed by atoms with Gasteiger partial charge in [0, 0.05) is 63.4 Å². The Bertz CT molecular complexity index is 1750. The van der Waals surface area contributed by atoms with Crippen LogP contribution in [0.4, 0.5) is 14.6 Å². The first-order valence-electron chi connectivity index (χ1n) is 18.8. The molecule has 2 aromatic rings. The summed E-state index contributed by atoms with van der Waals surface area (Å²) in [5.74, 6) is -0.874. The molecule has 5 heterocycles. The quantitative estimate of drug-likeness (QED) is 0.312. The summed E-state index contributed by atoms with van der Waals surface area (Å²) in [5.41, 5.74) is 2.79. The van der Waals surface area contributed by atoms with Crippen LogP contribution in [0.5, 0.6) is 6.01 Å². The van der Waals surface area contributed by atoms with E-state index in [-0.39, 0.29) is 41.0 Å². The highest BCUT2D eigenvalue weighted by atomic mass is 19.1. The molecular weight excluding hydrogens is 640 g/mol. The lowest BCUT2D eigenvalue weighted by Crippen LogP contribution is -2.51. The number of methoxy groups -OCH3 is 2. The molecular formula is C39H49F2N5O4. The number of rotatable bonds is 9. The normalized spacial score (nSPS) is 30.7. The van der Waals surface area contributed by atoms with E-state index >= 15 is 8.78 Å². The van der Waals surface area contributed by atoms with E-state index < -0.39 is 11.6 Å². The summed E-state index contributed by atoms with van der Waals surface area (Å²) in [6.07, 6.45) is 15.6. The van der Waals surface area contributed by atoms with Gasteiger partial charge in [-0.2, -0.15) is 9.97 Å². The molecule has 50 heavy (non-hydrogen) atoms. The van der Waals surface area contributed by atoms with Crippen LogP contribution in [0.3, 0.4) is 0 Å². The molecule has 11 heteroatoms. The third-order valence-corrected chi connectivity index (χ3v) is 13.2. The number of anilines is 1. The Balaban J connectivity index is 1.05. The number of piperidine rings is 1. The van der Waals surface area contributed by atoms with Gasteiger partial charge < -0.3 is 29.5 Å². The maximum absolute atomic E-state index is 17.0. The zero-order valence-corrected chi connectivity index (χ0v) is 29.2. The number of aliphatic hydroxyl groups excluding tert-OH is 1. The highest BCUT2D eigenvalue weighted by molar-refractivity contribution is 5.93. The molecule has 4 bridgehead atoms. The molecule has 4 aliphatic heterocycles. The molecule has 1 aromatic carbocycles. The molecule has 0 amide bonds. The number of aromatic nitrogens is 2. The van der Waals surface area contributed by atoms with E-state index in [2.05, 4.69) is 20.1 Å². The van der Waals surface area contributed by atoms with Crippen LogP contribution in [-0.2, 0) is 9.47 Å². The summed E-state index contributed by atoms with van der Waals surface area (Å²) in [6.45, 7) is 2.31. The van der Waals surface area contributed by atoms with Crippen LogP contribution in [0.2, 0.25) is 0 Å². The smallest absolute Gasteiger partial charge is 0.319 e. The van der Waals surface area contributed by atoms with Crippen molar-refractivity contribution in [3.8, 4) is 6.01 Å². The molecule has 0 radical (unpaired) electrons. The fourth-order valence-electron chi connectivity index (χ4n) is 10.5. The van der Waals surface area contributed by atoms with Crippen molar-refractivity contribution in [3.05, 3.63) is 52.3 Å². The summed E-state index contributed by atoms with van der Waals surface area (Å²) in [4.78, 5) is 14.2. The standard InChI is InChI=1S/C39H49F2N5O4/c1-48-29-15-26-6-7-27(16-29)46(26)20-30(49-2)21-50-38-43-36-31(37(44-38)45-18-24-4-5-25(19-45)42-24)17-33(40)34(35(36)41)23-13-28(47)12-22-8-11-39(9-3-10-39)32(22)14-23/h12-13,17,24-27,29-30,42,47H,3-11,14-16,18-21H2,1-2H3/t24?,25?,26?,27?,29?,30-/m1/s1. The van der Waals surface area contributed by atoms with E-state index in [1.165, 1.54) is 17.7 Å². The third-order valence-electron chi connectivity index (χ3n) is 13.2. The van der Waals surface area contributed by atoms with Crippen LogP contribution in [0.1, 0.15) is 82.6 Å². The monoisotopic (exact) mass is 689 g/mol. The molecule has 7 aliphatic rings. The van der Waals surface area contributed by atoms with Crippen molar-refractivity contribution in [1.29, 1.82) is 0 Å². The summed E-state index contributed by atoms with van der Waals surface area (Å²) in [5, 5.41) is 14.9. The topological polar surface area (TPSA) is 92.2 Å². The number of nitrogens with zero attached hydrogens (tertiary/aromatic N) is 4. The van der Waals surface area contributed by atoms with Crippen molar-refractivity contribution in [3.63, 3.8) is 0 Å². The average Bonchev–Trinajstić information content (AvgIpc) is 3.65. The molecule has 9 rings (SSSR count). The van der Waals surface area contributed by atoms with Crippen molar-refractivity contribution >= 4 is 22.3 Å². The number of hydrogen-bond donors (Lipinski definition) is 2. The predicted octanol–water partition coefficient (Wildman–Crippen LogP) is 6.37. The van der Waals surface area contributed by atoms with Crippen molar-refractivity contribution in [1.82, 2.24) is 20.2 Å². The van der Waals surface area contributed by atoms with Crippen LogP contribution < -0.4 is 15.0 Å². The van der Waals surface area contributed by atoms with E-state index in [0.717, 1.165) is 82.7 Å². The second-order valence-corrected chi connectivity index (χ2v) is 15.9. The number of hydrogen-bond acceptors (Lipinski definition) is 9. The van der Waals surface area contributed by atoms with Crippen molar-refractivity contribution in [2.45, 2.75) is 113 Å². The van der Waals surface area contributed by atoms with Crippen LogP contribution >= 0.6 is 0 Å². The fourth-order valence-corrected chi connectivity index (χ4v) is 10.5. The Labute approximate surface area is 292 Å². The molecule has 268 valence electrons. The van der Waals surface area contributed by atoms with Gasteiger partial charge in [-0.3, -0.25) is 4.90 Å². The van der Waals surface area contributed by atoms with Crippen molar-refractivity contribution in [2.75, 3.05) is 45.4 Å². The van der Waals surface area contributed by atoms with Crippen LogP contribution in [-0.4, -0.2) is 96.8 Å². The second kappa shape index (κ2) is 12.8. The Morgan fingerprint density at radius 3 is 2.46 bits per heavy atom. The van der Waals surface area contributed by atoms with Crippen LogP contribution in [0, 0.1) is 17.0 Å². The van der Waals surface area contributed by atoms with Gasteiger partial charge in [0.1, 0.15) is 35.6 Å². The average molecular weight is 690 g/mol. The lowest BCUT2D eigenvalue weighted by Gasteiger charge is -2.41. The number of nitrogens with one attached hydrogen (secondary N) is 1. The van der Waals surface area contributed by atoms with Gasteiger partial charge in [0.25, 0.3) is 0 Å². The zero-order chi connectivity index (χ0) is 34.1. The molecule has 5 atom stereocenters. The largest absolute Gasteiger partial charge is 0.508 e. The van der Waals surface area contributed by atoms with E-state index in [1.807, 2.05) is 0 Å². The minimum Gasteiger partial charge on any atom is -0.508 e. The molecule has 4 saturated heterocycles. The number of piperazine rings is 1. The summed E-state index contributed by atoms with van der Waals surface area (Å²) in [7, 11) is 3.50. The maximum Gasteiger partial charge on any atom is 0.319 e. The van der Waals surface area contributed by atoms with Gasteiger partial charge >= 0.3 is 6.01 Å². The van der Waals surface area contributed by atoms with Gasteiger partial charge in [0.2, 0.25) is 0 Å². The van der Waals surface area contributed by atoms with Gasteiger partial charge in [0.15, 0.2) is 5.82 Å². The van der Waals surface area contributed by atoms with Crippen molar-refractivity contribution < 1.29 is 28.1 Å². The number of benzene rings is 1. The van der Waals surface area contributed by atoms with E-state index in [4.69, 9.17) is 19.2 Å². The lowest BCUT2D eigenvalue weighted by atomic mass is 9.63. The molecule has 2 N–H and O–H groups in total. The van der Waals surface area contributed by atoms with Crippen LogP contribution in [0.25, 0.3) is 16.5 Å². The predicted molar refractivity (Wildman–Crippen MR) is 187 cm³/mol. The Morgan fingerprint density at radius 1 is 1.02 bits per heavy atom. The van der Waals surface area contributed by atoms with Crippen LogP contribution in [0.15, 0.2) is 35.1 Å². The molecule has 3 aliphatic carbocycles. The highest BCUT2D eigenvalue weighted by Crippen LogP contribution is 2.59. The molecule has 1 saturated carbocycles. The summed E-state index contributed by atoms with van der Waals surface area (Å²) < 4.78 is 51.3. The van der Waals surface area contributed by atoms with Gasteiger partial charge in [-0.25, -0.2) is 8.78 Å². The third kappa shape index (κ3) is 5.63.